The van der Waals surface area contributed by atoms with E-state index in [-0.39, 0.29) is 0 Å². The van der Waals surface area contributed by atoms with Gasteiger partial charge in [-0.3, -0.25) is 0 Å². The number of nitrogens with zero attached hydrogens (tertiary/aromatic N) is 1. The zero-order chi connectivity index (χ0) is 13.0. The predicted molar refractivity (Wildman–Crippen MR) is 78.8 cm³/mol. The van der Waals surface area contributed by atoms with Crippen LogP contribution in [0.5, 0.6) is 0 Å². The monoisotopic (exact) mass is 246 g/mol. The van der Waals surface area contributed by atoms with E-state index in [0.29, 0.717) is 6.54 Å². The smallest absolute Gasteiger partial charge is 0.0368 e. The van der Waals surface area contributed by atoms with Crippen molar-refractivity contribution in [1.29, 1.82) is 0 Å². The van der Waals surface area contributed by atoms with Crippen molar-refractivity contribution in [1.82, 2.24) is 0 Å². The van der Waals surface area contributed by atoms with Gasteiger partial charge in [-0.05, 0) is 56.2 Å². The van der Waals surface area contributed by atoms with Crippen molar-refractivity contribution in [2.45, 2.75) is 52.1 Å². The normalized spacial score (nSPS) is 23.9. The zero-order valence-corrected chi connectivity index (χ0v) is 11.7. The third kappa shape index (κ3) is 3.05. The third-order valence-corrected chi connectivity index (χ3v) is 4.27. The first-order chi connectivity index (χ1) is 8.74. The Balaban J connectivity index is 2.07. The average molecular weight is 246 g/mol. The highest BCUT2D eigenvalue weighted by Crippen LogP contribution is 2.30. The molecule has 0 unspecified atom stereocenters. The van der Waals surface area contributed by atoms with E-state index in [1.54, 1.807) is 0 Å². The quantitative estimate of drug-likeness (QED) is 0.880. The molecular weight excluding hydrogens is 220 g/mol. The van der Waals surface area contributed by atoms with Gasteiger partial charge in [-0.2, -0.15) is 0 Å². The summed E-state index contributed by atoms with van der Waals surface area (Å²) in [4.78, 5) is 2.56. The summed E-state index contributed by atoms with van der Waals surface area (Å²) in [7, 11) is 0. The molecule has 0 spiro atoms. The van der Waals surface area contributed by atoms with Gasteiger partial charge in [0.05, 0.1) is 0 Å². The minimum atomic E-state index is 0.632. The molecule has 0 atom stereocenters. The number of anilines is 1. The summed E-state index contributed by atoms with van der Waals surface area (Å²) in [6.45, 7) is 6.37. The number of benzene rings is 1. The van der Waals surface area contributed by atoms with Crippen LogP contribution in [0, 0.1) is 5.92 Å². The topological polar surface area (TPSA) is 29.3 Å². The molecule has 0 heterocycles. The predicted octanol–water partition coefficient (Wildman–Crippen LogP) is 3.55. The second kappa shape index (κ2) is 6.24. The van der Waals surface area contributed by atoms with Crippen LogP contribution in [0.15, 0.2) is 24.3 Å². The first-order valence-corrected chi connectivity index (χ1v) is 7.30. The van der Waals surface area contributed by atoms with Crippen molar-refractivity contribution in [2.75, 3.05) is 11.4 Å². The number of hydrogen-bond acceptors (Lipinski definition) is 2. The molecule has 0 saturated heterocycles. The average Bonchev–Trinajstić information content (AvgIpc) is 2.42. The van der Waals surface area contributed by atoms with Crippen LogP contribution in [0.2, 0.25) is 0 Å². The van der Waals surface area contributed by atoms with Crippen LogP contribution in [0.3, 0.4) is 0 Å². The molecule has 0 aromatic heterocycles. The van der Waals surface area contributed by atoms with Crippen LogP contribution in [0.25, 0.3) is 0 Å². The molecule has 1 aromatic carbocycles. The summed E-state index contributed by atoms with van der Waals surface area (Å²) < 4.78 is 0. The molecule has 2 heteroatoms. The zero-order valence-electron chi connectivity index (χ0n) is 11.7. The standard InChI is InChI=1S/C16H26N2/c1-3-18(15-8-4-13(2)5-9-15)16-10-6-14(12-17)7-11-16/h6-7,10-11,13,15H,3-5,8-9,12,17H2,1-2H3. The third-order valence-electron chi connectivity index (χ3n) is 4.27. The molecule has 0 amide bonds. The van der Waals surface area contributed by atoms with E-state index in [0.717, 1.165) is 18.5 Å². The maximum atomic E-state index is 5.65. The van der Waals surface area contributed by atoms with Gasteiger partial charge in [-0.15, -0.1) is 0 Å². The van der Waals surface area contributed by atoms with Crippen LogP contribution in [0.1, 0.15) is 45.1 Å². The Morgan fingerprint density at radius 1 is 1.11 bits per heavy atom. The highest BCUT2D eigenvalue weighted by Gasteiger charge is 2.23. The van der Waals surface area contributed by atoms with Crippen molar-refractivity contribution in [3.05, 3.63) is 29.8 Å². The Labute approximate surface area is 111 Å². The maximum absolute atomic E-state index is 5.65. The first kappa shape index (κ1) is 13.4. The fraction of sp³-hybridized carbons (Fsp3) is 0.625. The number of rotatable bonds is 4. The number of hydrogen-bond donors (Lipinski definition) is 1. The van der Waals surface area contributed by atoms with Crippen LogP contribution >= 0.6 is 0 Å². The van der Waals surface area contributed by atoms with Gasteiger partial charge in [-0.25, -0.2) is 0 Å². The molecule has 1 saturated carbocycles. The van der Waals surface area contributed by atoms with E-state index in [4.69, 9.17) is 5.73 Å². The van der Waals surface area contributed by atoms with Crippen molar-refractivity contribution in [3.8, 4) is 0 Å². The maximum Gasteiger partial charge on any atom is 0.0368 e. The molecule has 1 fully saturated rings. The lowest BCUT2D eigenvalue weighted by molar-refractivity contribution is 0.335. The molecule has 0 bridgehead atoms. The van der Waals surface area contributed by atoms with Gasteiger partial charge < -0.3 is 10.6 Å². The van der Waals surface area contributed by atoms with Crippen LogP contribution in [-0.2, 0) is 6.54 Å². The molecule has 1 aliphatic rings. The van der Waals surface area contributed by atoms with E-state index in [1.807, 2.05) is 0 Å². The Morgan fingerprint density at radius 2 is 1.72 bits per heavy atom. The van der Waals surface area contributed by atoms with E-state index in [1.165, 1.54) is 36.9 Å². The molecule has 2 nitrogen and oxygen atoms in total. The molecule has 1 aromatic rings. The minimum Gasteiger partial charge on any atom is -0.369 e. The van der Waals surface area contributed by atoms with Gasteiger partial charge >= 0.3 is 0 Å². The summed E-state index contributed by atoms with van der Waals surface area (Å²) in [5.41, 5.74) is 8.22. The Bertz CT molecular complexity index is 350. The Hall–Kier alpha value is -1.02. The van der Waals surface area contributed by atoms with E-state index >= 15 is 0 Å². The summed E-state index contributed by atoms with van der Waals surface area (Å²) in [6.07, 6.45) is 5.44. The Morgan fingerprint density at radius 3 is 2.22 bits per heavy atom. The molecule has 2 rings (SSSR count). The van der Waals surface area contributed by atoms with Gasteiger partial charge in [-0.1, -0.05) is 19.1 Å². The minimum absolute atomic E-state index is 0.632. The second-order valence-corrected chi connectivity index (χ2v) is 5.57. The first-order valence-electron chi connectivity index (χ1n) is 7.30. The summed E-state index contributed by atoms with van der Waals surface area (Å²) in [5, 5.41) is 0. The molecule has 2 N–H and O–H groups in total. The van der Waals surface area contributed by atoms with Crippen LogP contribution in [0.4, 0.5) is 5.69 Å². The highest BCUT2D eigenvalue weighted by molar-refractivity contribution is 5.48. The lowest BCUT2D eigenvalue weighted by Gasteiger charge is -2.37. The fourth-order valence-corrected chi connectivity index (χ4v) is 3.03. The van der Waals surface area contributed by atoms with Gasteiger partial charge in [0.15, 0.2) is 0 Å². The SMILES string of the molecule is CCN(c1ccc(CN)cc1)C1CCC(C)CC1. The summed E-state index contributed by atoms with van der Waals surface area (Å²) in [5.74, 6) is 0.916. The molecule has 100 valence electrons. The summed E-state index contributed by atoms with van der Waals surface area (Å²) >= 11 is 0. The molecule has 1 aliphatic carbocycles. The van der Waals surface area contributed by atoms with Crippen molar-refractivity contribution in [2.24, 2.45) is 11.7 Å². The molecule has 0 radical (unpaired) electrons. The highest BCUT2D eigenvalue weighted by atomic mass is 15.2. The van der Waals surface area contributed by atoms with Crippen LogP contribution < -0.4 is 10.6 Å². The largest absolute Gasteiger partial charge is 0.369 e. The van der Waals surface area contributed by atoms with Crippen molar-refractivity contribution in [3.63, 3.8) is 0 Å². The molecular formula is C16H26N2. The summed E-state index contributed by atoms with van der Waals surface area (Å²) in [6, 6.07) is 9.50. The Kier molecular flexibility index (Phi) is 4.65. The lowest BCUT2D eigenvalue weighted by atomic mass is 9.86. The van der Waals surface area contributed by atoms with Gasteiger partial charge in [0.25, 0.3) is 0 Å². The molecule has 0 aliphatic heterocycles. The van der Waals surface area contributed by atoms with E-state index in [2.05, 4.69) is 43.0 Å². The van der Waals surface area contributed by atoms with Crippen LogP contribution in [-0.4, -0.2) is 12.6 Å². The van der Waals surface area contributed by atoms with Gasteiger partial charge in [0, 0.05) is 24.8 Å². The van der Waals surface area contributed by atoms with E-state index in [9.17, 15) is 0 Å². The van der Waals surface area contributed by atoms with Crippen molar-refractivity contribution >= 4 is 5.69 Å². The lowest BCUT2D eigenvalue weighted by Crippen LogP contribution is -2.37. The van der Waals surface area contributed by atoms with Gasteiger partial charge in [0.2, 0.25) is 0 Å². The van der Waals surface area contributed by atoms with Crippen molar-refractivity contribution < 1.29 is 0 Å². The van der Waals surface area contributed by atoms with E-state index < -0.39 is 0 Å². The van der Waals surface area contributed by atoms with Gasteiger partial charge in [0.1, 0.15) is 0 Å². The molecule has 18 heavy (non-hydrogen) atoms. The second-order valence-electron chi connectivity index (χ2n) is 5.57. The fourth-order valence-electron chi connectivity index (χ4n) is 3.03. The number of nitrogens with two attached hydrogens (primary N) is 1.